The number of para-hydroxylation sites is 2. The Morgan fingerprint density at radius 2 is 1.08 bits per heavy atom. The smallest absolute Gasteiger partial charge is 0.0541 e. The Kier molecular flexibility index (Phi) is 5.03. The molecule has 0 aliphatic heterocycles. The molecule has 1 nitrogen and oxygen atoms in total. The van der Waals surface area contributed by atoms with E-state index >= 15 is 0 Å². The van der Waals surface area contributed by atoms with E-state index in [4.69, 9.17) is 0 Å². The van der Waals surface area contributed by atoms with Crippen molar-refractivity contribution in [1.82, 2.24) is 4.57 Å². The zero-order valence-corrected chi connectivity index (χ0v) is 21.6. The van der Waals surface area contributed by atoms with Crippen LogP contribution < -0.4 is 0 Å². The summed E-state index contributed by atoms with van der Waals surface area (Å²) in [6.07, 6.45) is 0.988. The summed E-state index contributed by atoms with van der Waals surface area (Å²) >= 11 is 0. The minimum atomic E-state index is 0.361. The van der Waals surface area contributed by atoms with Crippen LogP contribution in [-0.4, -0.2) is 4.57 Å². The molecule has 1 aliphatic carbocycles. The highest BCUT2D eigenvalue weighted by Gasteiger charge is 2.28. The lowest BCUT2D eigenvalue weighted by Gasteiger charge is -2.15. The van der Waals surface area contributed by atoms with Crippen molar-refractivity contribution in [3.8, 4) is 27.9 Å². The zero-order chi connectivity index (χ0) is 25.8. The van der Waals surface area contributed by atoms with Gasteiger partial charge in [0.2, 0.25) is 0 Å². The third kappa shape index (κ3) is 3.55. The van der Waals surface area contributed by atoms with Gasteiger partial charge in [-0.25, -0.2) is 0 Å². The summed E-state index contributed by atoms with van der Waals surface area (Å²) in [5, 5.41) is 2.59. The molecule has 0 saturated carbocycles. The Labute approximate surface area is 228 Å². The van der Waals surface area contributed by atoms with E-state index in [-0.39, 0.29) is 0 Å². The SMILES string of the molecule is c1ccc(-c2ccc3c(c2)-c2ccccc2C3Cc2ccc(-n3c4ccccc4c4ccccc43)cc2)cc1. The quantitative estimate of drug-likeness (QED) is 0.228. The lowest BCUT2D eigenvalue weighted by atomic mass is 9.89. The van der Waals surface area contributed by atoms with Crippen molar-refractivity contribution in [1.29, 1.82) is 0 Å². The van der Waals surface area contributed by atoms with Crippen LogP contribution in [0.5, 0.6) is 0 Å². The van der Waals surface area contributed by atoms with Gasteiger partial charge in [0.05, 0.1) is 11.0 Å². The number of fused-ring (bicyclic) bond motifs is 6. The Morgan fingerprint density at radius 3 is 1.82 bits per heavy atom. The maximum absolute atomic E-state index is 2.39. The molecular weight excluding hydrogens is 470 g/mol. The largest absolute Gasteiger partial charge is 0.309 e. The molecule has 8 rings (SSSR count). The van der Waals surface area contributed by atoms with Gasteiger partial charge in [-0.15, -0.1) is 0 Å². The molecule has 0 N–H and O–H groups in total. The van der Waals surface area contributed by atoms with Gasteiger partial charge >= 0.3 is 0 Å². The van der Waals surface area contributed by atoms with Crippen LogP contribution in [-0.2, 0) is 6.42 Å². The van der Waals surface area contributed by atoms with Gasteiger partial charge in [-0.1, -0.05) is 115 Å². The molecule has 0 bridgehead atoms. The van der Waals surface area contributed by atoms with E-state index < -0.39 is 0 Å². The predicted molar refractivity (Wildman–Crippen MR) is 164 cm³/mol. The molecule has 184 valence electrons. The minimum absolute atomic E-state index is 0.361. The third-order valence-electron chi connectivity index (χ3n) is 8.38. The van der Waals surface area contributed by atoms with Crippen LogP contribution in [0.15, 0.2) is 146 Å². The Morgan fingerprint density at radius 1 is 0.462 bits per heavy atom. The van der Waals surface area contributed by atoms with Gasteiger partial charge in [0.1, 0.15) is 0 Å². The van der Waals surface area contributed by atoms with Crippen LogP contribution in [0.3, 0.4) is 0 Å². The number of benzene rings is 6. The lowest BCUT2D eigenvalue weighted by Crippen LogP contribution is -2.02. The molecule has 1 heteroatoms. The van der Waals surface area contributed by atoms with Crippen molar-refractivity contribution in [3.63, 3.8) is 0 Å². The van der Waals surface area contributed by atoms with Crippen molar-refractivity contribution in [2.24, 2.45) is 0 Å². The van der Waals surface area contributed by atoms with Crippen molar-refractivity contribution in [3.05, 3.63) is 162 Å². The summed E-state index contributed by atoms with van der Waals surface area (Å²) in [6.45, 7) is 0. The topological polar surface area (TPSA) is 4.93 Å². The maximum atomic E-state index is 2.39. The van der Waals surface area contributed by atoms with Gasteiger partial charge in [0.25, 0.3) is 0 Å². The van der Waals surface area contributed by atoms with Crippen molar-refractivity contribution in [2.45, 2.75) is 12.3 Å². The number of hydrogen-bond acceptors (Lipinski definition) is 0. The van der Waals surface area contributed by atoms with Gasteiger partial charge in [-0.3, -0.25) is 0 Å². The van der Waals surface area contributed by atoms with Crippen LogP contribution in [0.4, 0.5) is 0 Å². The van der Waals surface area contributed by atoms with Gasteiger partial charge in [-0.05, 0) is 75.7 Å². The van der Waals surface area contributed by atoms with E-state index in [1.807, 2.05) is 0 Å². The van der Waals surface area contributed by atoms with E-state index in [1.54, 1.807) is 0 Å². The van der Waals surface area contributed by atoms with Crippen LogP contribution in [0, 0.1) is 0 Å². The van der Waals surface area contributed by atoms with Gasteiger partial charge in [-0.2, -0.15) is 0 Å². The molecule has 1 unspecified atom stereocenters. The fourth-order valence-corrected chi connectivity index (χ4v) is 6.55. The zero-order valence-electron chi connectivity index (χ0n) is 21.6. The second-order valence-corrected chi connectivity index (χ2v) is 10.5. The van der Waals surface area contributed by atoms with Crippen LogP contribution in [0.25, 0.3) is 49.7 Å². The third-order valence-corrected chi connectivity index (χ3v) is 8.38. The Bertz CT molecular complexity index is 1920. The van der Waals surface area contributed by atoms with E-state index in [9.17, 15) is 0 Å². The van der Waals surface area contributed by atoms with Gasteiger partial charge in [0.15, 0.2) is 0 Å². The fraction of sp³-hybridized carbons (Fsp3) is 0.0526. The fourth-order valence-electron chi connectivity index (χ4n) is 6.55. The van der Waals surface area contributed by atoms with Gasteiger partial charge < -0.3 is 4.57 Å². The molecule has 1 aliphatic rings. The summed E-state index contributed by atoms with van der Waals surface area (Å²) in [4.78, 5) is 0. The molecule has 7 aromatic rings. The second-order valence-electron chi connectivity index (χ2n) is 10.5. The van der Waals surface area contributed by atoms with E-state index in [0.717, 1.165) is 6.42 Å². The standard InChI is InChI=1S/C38H27N/c1-2-10-27(11-3-1)28-20-23-32-35(30-12-4-5-13-31(30)36(32)25-28)24-26-18-21-29(22-19-26)39-37-16-8-6-14-33(37)34-15-7-9-17-38(34)39/h1-23,25,35H,24H2. The maximum Gasteiger partial charge on any atom is 0.0541 e. The summed E-state index contributed by atoms with van der Waals surface area (Å²) in [5.41, 5.74) is 13.2. The highest BCUT2D eigenvalue weighted by Crippen LogP contribution is 2.47. The summed E-state index contributed by atoms with van der Waals surface area (Å²) in [7, 11) is 0. The first-order valence-corrected chi connectivity index (χ1v) is 13.7. The molecule has 0 fully saturated rings. The van der Waals surface area contributed by atoms with E-state index in [2.05, 4.69) is 150 Å². The first-order valence-electron chi connectivity index (χ1n) is 13.7. The molecular formula is C38H27N. The molecule has 1 atom stereocenters. The van der Waals surface area contributed by atoms with Crippen molar-refractivity contribution < 1.29 is 0 Å². The number of rotatable bonds is 4. The predicted octanol–water partition coefficient (Wildman–Crippen LogP) is 9.81. The first-order chi connectivity index (χ1) is 19.3. The van der Waals surface area contributed by atoms with Crippen molar-refractivity contribution in [2.75, 3.05) is 0 Å². The highest BCUT2D eigenvalue weighted by atomic mass is 15.0. The molecule has 39 heavy (non-hydrogen) atoms. The molecule has 0 radical (unpaired) electrons. The van der Waals surface area contributed by atoms with E-state index in [1.165, 1.54) is 66.4 Å². The molecule has 1 aromatic heterocycles. The first kappa shape index (κ1) is 22.1. The molecule has 0 amide bonds. The van der Waals surface area contributed by atoms with Crippen LogP contribution >= 0.6 is 0 Å². The average Bonchev–Trinajstić information content (AvgIpc) is 3.51. The number of nitrogens with zero attached hydrogens (tertiary/aromatic N) is 1. The second kappa shape index (κ2) is 8.85. The molecule has 0 spiro atoms. The molecule has 0 saturated heterocycles. The summed E-state index contributed by atoms with van der Waals surface area (Å²) < 4.78 is 2.39. The van der Waals surface area contributed by atoms with Crippen molar-refractivity contribution >= 4 is 21.8 Å². The molecule has 1 heterocycles. The summed E-state index contributed by atoms with van der Waals surface area (Å²) in [6, 6.07) is 53.3. The average molecular weight is 498 g/mol. The molecule has 6 aromatic carbocycles. The summed E-state index contributed by atoms with van der Waals surface area (Å²) in [5.74, 6) is 0.361. The minimum Gasteiger partial charge on any atom is -0.309 e. The number of hydrogen-bond donors (Lipinski definition) is 0. The van der Waals surface area contributed by atoms with Crippen LogP contribution in [0.1, 0.15) is 22.6 Å². The van der Waals surface area contributed by atoms with Gasteiger partial charge in [0, 0.05) is 22.4 Å². The highest BCUT2D eigenvalue weighted by molar-refractivity contribution is 6.09. The Hall–Kier alpha value is -4.88. The lowest BCUT2D eigenvalue weighted by molar-refractivity contribution is 0.827. The van der Waals surface area contributed by atoms with E-state index in [0.29, 0.717) is 5.92 Å². The monoisotopic (exact) mass is 497 g/mol. The number of aromatic nitrogens is 1. The van der Waals surface area contributed by atoms with Crippen LogP contribution in [0.2, 0.25) is 0 Å². The Balaban J connectivity index is 1.17. The normalized spacial score (nSPS) is 14.0.